The highest BCUT2D eigenvalue weighted by Crippen LogP contribution is 2.22. The van der Waals surface area contributed by atoms with Gasteiger partial charge in [0.1, 0.15) is 0 Å². The van der Waals surface area contributed by atoms with Crippen molar-refractivity contribution in [3.8, 4) is 0 Å². The molecular formula is C19H21N3O2. The molecule has 0 fully saturated rings. The van der Waals surface area contributed by atoms with E-state index in [0.717, 1.165) is 11.3 Å². The van der Waals surface area contributed by atoms with Gasteiger partial charge in [-0.3, -0.25) is 0 Å². The van der Waals surface area contributed by atoms with E-state index in [0.29, 0.717) is 13.0 Å². The number of rotatable bonds is 8. The Bertz CT molecular complexity index is 695. The molecule has 0 aliphatic rings. The van der Waals surface area contributed by atoms with Crippen molar-refractivity contribution in [2.24, 2.45) is 0 Å². The Labute approximate surface area is 141 Å². The third-order valence-electron chi connectivity index (χ3n) is 3.66. The topological polar surface area (TPSA) is 74.7 Å². The first-order valence-corrected chi connectivity index (χ1v) is 7.99. The summed E-state index contributed by atoms with van der Waals surface area (Å²) in [7, 11) is 0. The van der Waals surface area contributed by atoms with Gasteiger partial charge in [0.2, 0.25) is 0 Å². The minimum atomic E-state index is -0.589. The van der Waals surface area contributed by atoms with Crippen LogP contribution in [-0.2, 0) is 9.53 Å². The van der Waals surface area contributed by atoms with Gasteiger partial charge in [0.25, 0.3) is 0 Å². The van der Waals surface area contributed by atoms with Crippen LogP contribution in [0.25, 0.3) is 5.53 Å². The van der Waals surface area contributed by atoms with Crippen LogP contribution in [0.5, 0.6) is 0 Å². The molecule has 0 bridgehead atoms. The average Bonchev–Trinajstić information content (AvgIpc) is 2.63. The molecule has 0 aromatic heterocycles. The summed E-state index contributed by atoms with van der Waals surface area (Å²) in [5, 5.41) is 3.31. The fourth-order valence-electron chi connectivity index (χ4n) is 2.52. The third-order valence-corrected chi connectivity index (χ3v) is 3.66. The number of carbonyl (C=O) groups excluding carboxylic acids is 1. The number of carbonyl (C=O) groups is 1. The smallest absolute Gasteiger partial charge is 0.417 e. The van der Waals surface area contributed by atoms with Crippen molar-refractivity contribution in [1.29, 1.82) is 0 Å². The van der Waals surface area contributed by atoms with Gasteiger partial charge in [-0.05, 0) is 31.0 Å². The Morgan fingerprint density at radius 1 is 1.12 bits per heavy atom. The number of para-hydroxylation sites is 1. The highest BCUT2D eigenvalue weighted by molar-refractivity contribution is 6.36. The normalized spacial score (nSPS) is 11.2. The van der Waals surface area contributed by atoms with Gasteiger partial charge in [-0.25, -0.2) is 4.79 Å². The minimum Gasteiger partial charge on any atom is -0.457 e. The molecule has 1 unspecified atom stereocenters. The number of hydrogen-bond acceptors (Lipinski definition) is 3. The van der Waals surface area contributed by atoms with E-state index < -0.39 is 5.97 Å². The maximum Gasteiger partial charge on any atom is 0.417 e. The average molecular weight is 323 g/mol. The number of esters is 1. The fraction of sp³-hybridized carbons (Fsp3) is 0.263. The van der Waals surface area contributed by atoms with Crippen LogP contribution in [-0.4, -0.2) is 29.6 Å². The van der Waals surface area contributed by atoms with Crippen LogP contribution >= 0.6 is 0 Å². The highest BCUT2D eigenvalue weighted by Gasteiger charge is 2.33. The predicted molar refractivity (Wildman–Crippen MR) is 94.0 cm³/mol. The zero-order chi connectivity index (χ0) is 17.2. The molecule has 0 spiro atoms. The number of anilines is 1. The van der Waals surface area contributed by atoms with Crippen LogP contribution in [0.3, 0.4) is 0 Å². The molecule has 24 heavy (non-hydrogen) atoms. The van der Waals surface area contributed by atoms with Gasteiger partial charge in [-0.15, -0.1) is 0 Å². The van der Waals surface area contributed by atoms with E-state index in [2.05, 4.69) is 10.1 Å². The number of benzene rings is 2. The van der Waals surface area contributed by atoms with E-state index in [1.165, 1.54) is 0 Å². The first-order valence-electron chi connectivity index (χ1n) is 7.99. The molecule has 0 aliphatic carbocycles. The molecule has 2 aromatic carbocycles. The number of nitrogens with one attached hydrogen (secondary N) is 1. The first-order chi connectivity index (χ1) is 11.8. The number of nitrogens with zero attached hydrogens (tertiary/aromatic N) is 2. The van der Waals surface area contributed by atoms with E-state index in [1.54, 1.807) is 6.92 Å². The molecule has 1 N–H and O–H groups in total. The molecular weight excluding hydrogens is 302 g/mol. The molecule has 0 amide bonds. The summed E-state index contributed by atoms with van der Waals surface area (Å²) in [4.78, 5) is 15.3. The molecule has 0 heterocycles. The summed E-state index contributed by atoms with van der Waals surface area (Å²) in [6.45, 7) is 2.59. The molecule has 0 saturated heterocycles. The van der Waals surface area contributed by atoms with E-state index in [-0.39, 0.29) is 18.2 Å². The fourth-order valence-corrected chi connectivity index (χ4v) is 2.52. The Morgan fingerprint density at radius 2 is 1.75 bits per heavy atom. The van der Waals surface area contributed by atoms with Gasteiger partial charge in [0.05, 0.1) is 12.5 Å². The Balaban J connectivity index is 2.14. The molecule has 2 rings (SSSR count). The van der Waals surface area contributed by atoms with Crippen LogP contribution in [0.4, 0.5) is 5.69 Å². The summed E-state index contributed by atoms with van der Waals surface area (Å²) >= 11 is 0. The van der Waals surface area contributed by atoms with E-state index in [4.69, 9.17) is 4.74 Å². The second kappa shape index (κ2) is 9.28. The van der Waals surface area contributed by atoms with Gasteiger partial charge >= 0.3 is 11.7 Å². The standard InChI is InChI=1S/C19H21N3O2/c1-2-24-19(23)18(22-20)17(15-9-5-3-6-10-15)13-14-21-16-11-7-4-8-12-16/h3-12,17,21H,2,13-14H2,1H3. The van der Waals surface area contributed by atoms with Gasteiger partial charge in [-0.2, -0.15) is 4.79 Å². The number of hydrogen-bond donors (Lipinski definition) is 1. The zero-order valence-corrected chi connectivity index (χ0v) is 13.7. The van der Waals surface area contributed by atoms with Gasteiger partial charge in [-0.1, -0.05) is 48.5 Å². The second-order valence-electron chi connectivity index (χ2n) is 5.25. The second-order valence-corrected chi connectivity index (χ2v) is 5.25. The zero-order valence-electron chi connectivity index (χ0n) is 13.7. The lowest BCUT2D eigenvalue weighted by atomic mass is 9.91. The first kappa shape index (κ1) is 17.4. The van der Waals surface area contributed by atoms with Crippen molar-refractivity contribution in [1.82, 2.24) is 0 Å². The number of ether oxygens (including phenoxy) is 1. The van der Waals surface area contributed by atoms with Crippen LogP contribution in [0.1, 0.15) is 24.8 Å². The molecule has 2 aromatic rings. The van der Waals surface area contributed by atoms with Crippen molar-refractivity contribution in [2.45, 2.75) is 19.3 Å². The monoisotopic (exact) mass is 323 g/mol. The Kier molecular flexibility index (Phi) is 6.74. The van der Waals surface area contributed by atoms with Crippen LogP contribution in [0, 0.1) is 0 Å². The quantitative estimate of drug-likeness (QED) is 0.350. The maximum absolute atomic E-state index is 12.1. The minimum absolute atomic E-state index is 0.0258. The molecule has 0 radical (unpaired) electrons. The highest BCUT2D eigenvalue weighted by atomic mass is 16.5. The van der Waals surface area contributed by atoms with Crippen molar-refractivity contribution in [3.05, 3.63) is 71.8 Å². The van der Waals surface area contributed by atoms with Crippen molar-refractivity contribution < 1.29 is 14.3 Å². The molecule has 124 valence electrons. The summed E-state index contributed by atoms with van der Waals surface area (Å²) in [5.74, 6) is -0.931. The van der Waals surface area contributed by atoms with Crippen molar-refractivity contribution >= 4 is 17.4 Å². The SMILES string of the molecule is CCOC(=O)C(=[N+]=[N-])C(CCNc1ccccc1)c1ccccc1. The van der Waals surface area contributed by atoms with Crippen molar-refractivity contribution in [2.75, 3.05) is 18.5 Å². The lowest BCUT2D eigenvalue weighted by Gasteiger charge is -2.14. The van der Waals surface area contributed by atoms with E-state index >= 15 is 0 Å². The van der Waals surface area contributed by atoms with Gasteiger partial charge in [0.15, 0.2) is 0 Å². The molecule has 5 nitrogen and oxygen atoms in total. The summed E-state index contributed by atoms with van der Waals surface area (Å²) < 4.78 is 5.01. The van der Waals surface area contributed by atoms with Crippen molar-refractivity contribution in [3.63, 3.8) is 0 Å². The van der Waals surface area contributed by atoms with Gasteiger partial charge < -0.3 is 15.6 Å². The molecule has 0 aliphatic heterocycles. The van der Waals surface area contributed by atoms with E-state index in [9.17, 15) is 10.3 Å². The largest absolute Gasteiger partial charge is 0.457 e. The maximum atomic E-state index is 12.1. The molecule has 1 atom stereocenters. The van der Waals surface area contributed by atoms with E-state index in [1.807, 2.05) is 60.7 Å². The third kappa shape index (κ3) is 4.80. The lowest BCUT2D eigenvalue weighted by molar-refractivity contribution is -0.140. The molecule has 5 heteroatoms. The Hall–Kier alpha value is -2.91. The van der Waals surface area contributed by atoms with Crippen LogP contribution in [0.2, 0.25) is 0 Å². The van der Waals surface area contributed by atoms with Crippen LogP contribution < -0.4 is 5.32 Å². The lowest BCUT2D eigenvalue weighted by Crippen LogP contribution is -2.27. The molecule has 0 saturated carbocycles. The summed E-state index contributed by atoms with van der Waals surface area (Å²) in [5.41, 5.74) is 11.3. The predicted octanol–water partition coefficient (Wildman–Crippen LogP) is 3.51. The summed E-state index contributed by atoms with van der Waals surface area (Å²) in [6.07, 6.45) is 0.594. The Morgan fingerprint density at radius 3 is 2.33 bits per heavy atom. The van der Waals surface area contributed by atoms with Crippen LogP contribution in [0.15, 0.2) is 60.7 Å². The van der Waals surface area contributed by atoms with Gasteiger partial charge in [0, 0.05) is 12.2 Å². The summed E-state index contributed by atoms with van der Waals surface area (Å²) in [6, 6.07) is 19.3.